The zero-order valence-corrected chi connectivity index (χ0v) is 17.5. The average molecular weight is 413 g/mol. The fourth-order valence-corrected chi connectivity index (χ4v) is 3.02. The number of ether oxygens (including phenoxy) is 4. The third-order valence-electron chi connectivity index (χ3n) is 4.75. The van der Waals surface area contributed by atoms with Gasteiger partial charge in [0, 0.05) is 34.8 Å². The van der Waals surface area contributed by atoms with E-state index in [4.69, 9.17) is 23.4 Å². The van der Waals surface area contributed by atoms with Crippen LogP contribution in [0.25, 0.3) is 11.0 Å². The SMILES string of the molecule is COc1cc(NC(=O)COc2ccc3c(C)c(C)c(=O)oc3c2)cc(OC)c1OC. The summed E-state index contributed by atoms with van der Waals surface area (Å²) in [6, 6.07) is 8.36. The van der Waals surface area contributed by atoms with Crippen molar-refractivity contribution in [2.45, 2.75) is 13.8 Å². The molecule has 0 unspecified atom stereocenters. The number of hydrogen-bond donors (Lipinski definition) is 1. The first-order valence-corrected chi connectivity index (χ1v) is 9.14. The molecule has 0 aliphatic rings. The summed E-state index contributed by atoms with van der Waals surface area (Å²) in [5.41, 5.74) is 1.91. The number of fused-ring (bicyclic) bond motifs is 1. The predicted molar refractivity (Wildman–Crippen MR) is 112 cm³/mol. The van der Waals surface area contributed by atoms with Gasteiger partial charge in [-0.2, -0.15) is 0 Å². The number of hydrogen-bond acceptors (Lipinski definition) is 7. The first-order chi connectivity index (χ1) is 14.4. The molecule has 0 atom stereocenters. The van der Waals surface area contributed by atoms with Crippen molar-refractivity contribution in [3.8, 4) is 23.0 Å². The van der Waals surface area contributed by atoms with Crippen LogP contribution in [0.15, 0.2) is 39.5 Å². The predicted octanol–water partition coefficient (Wildman–Crippen LogP) is 3.45. The van der Waals surface area contributed by atoms with Crippen molar-refractivity contribution >= 4 is 22.6 Å². The molecule has 1 amide bonds. The van der Waals surface area contributed by atoms with Gasteiger partial charge in [-0.15, -0.1) is 0 Å². The minimum atomic E-state index is -0.391. The van der Waals surface area contributed by atoms with E-state index in [2.05, 4.69) is 5.32 Å². The number of amides is 1. The van der Waals surface area contributed by atoms with Crippen LogP contribution in [0, 0.1) is 13.8 Å². The molecule has 3 rings (SSSR count). The summed E-state index contributed by atoms with van der Waals surface area (Å²) >= 11 is 0. The Labute approximate surface area is 173 Å². The van der Waals surface area contributed by atoms with Gasteiger partial charge in [-0.25, -0.2) is 4.79 Å². The van der Waals surface area contributed by atoms with Gasteiger partial charge in [-0.1, -0.05) is 0 Å². The molecule has 158 valence electrons. The maximum Gasteiger partial charge on any atom is 0.339 e. The van der Waals surface area contributed by atoms with Gasteiger partial charge in [-0.3, -0.25) is 4.79 Å². The van der Waals surface area contributed by atoms with E-state index in [1.807, 2.05) is 6.92 Å². The molecular weight excluding hydrogens is 390 g/mol. The number of carbonyl (C=O) groups is 1. The first-order valence-electron chi connectivity index (χ1n) is 9.14. The molecule has 1 N–H and O–H groups in total. The van der Waals surface area contributed by atoms with Gasteiger partial charge in [0.1, 0.15) is 11.3 Å². The van der Waals surface area contributed by atoms with E-state index in [1.54, 1.807) is 37.3 Å². The smallest absolute Gasteiger partial charge is 0.339 e. The molecule has 8 heteroatoms. The van der Waals surface area contributed by atoms with Gasteiger partial charge in [0.15, 0.2) is 18.1 Å². The Morgan fingerprint density at radius 1 is 0.967 bits per heavy atom. The molecule has 2 aromatic carbocycles. The van der Waals surface area contributed by atoms with Crippen molar-refractivity contribution in [1.82, 2.24) is 0 Å². The Balaban J connectivity index is 1.73. The number of carbonyl (C=O) groups excluding carboxylic acids is 1. The van der Waals surface area contributed by atoms with Gasteiger partial charge >= 0.3 is 5.63 Å². The summed E-state index contributed by atoms with van der Waals surface area (Å²) in [5.74, 6) is 1.30. The van der Waals surface area contributed by atoms with E-state index in [9.17, 15) is 9.59 Å². The van der Waals surface area contributed by atoms with E-state index in [1.165, 1.54) is 21.3 Å². The minimum Gasteiger partial charge on any atom is -0.493 e. The summed E-state index contributed by atoms with van der Waals surface area (Å²) in [6.45, 7) is 3.34. The quantitative estimate of drug-likeness (QED) is 0.593. The van der Waals surface area contributed by atoms with Crippen LogP contribution < -0.4 is 29.9 Å². The number of rotatable bonds is 7. The maximum atomic E-state index is 12.3. The highest BCUT2D eigenvalue weighted by atomic mass is 16.5. The zero-order chi connectivity index (χ0) is 21.8. The van der Waals surface area contributed by atoms with E-state index in [-0.39, 0.29) is 12.5 Å². The van der Waals surface area contributed by atoms with Crippen LogP contribution >= 0.6 is 0 Å². The van der Waals surface area contributed by atoms with Gasteiger partial charge in [0.25, 0.3) is 5.91 Å². The average Bonchev–Trinajstić information content (AvgIpc) is 2.75. The second-order valence-corrected chi connectivity index (χ2v) is 6.55. The number of nitrogens with one attached hydrogen (secondary N) is 1. The van der Waals surface area contributed by atoms with E-state index in [0.717, 1.165) is 10.9 Å². The van der Waals surface area contributed by atoms with Gasteiger partial charge in [0.05, 0.1) is 21.3 Å². The minimum absolute atomic E-state index is 0.239. The lowest BCUT2D eigenvalue weighted by atomic mass is 10.1. The second-order valence-electron chi connectivity index (χ2n) is 6.55. The molecule has 3 aromatic rings. The fourth-order valence-electron chi connectivity index (χ4n) is 3.02. The monoisotopic (exact) mass is 413 g/mol. The normalized spacial score (nSPS) is 10.6. The number of aryl methyl sites for hydroxylation is 1. The molecule has 0 spiro atoms. The van der Waals surface area contributed by atoms with Gasteiger partial charge < -0.3 is 28.7 Å². The molecule has 0 aliphatic heterocycles. The molecular formula is C22H23NO7. The molecule has 0 bridgehead atoms. The molecule has 8 nitrogen and oxygen atoms in total. The summed E-state index contributed by atoms with van der Waals surface area (Å²) in [4.78, 5) is 24.2. The Kier molecular flexibility index (Phi) is 6.15. The van der Waals surface area contributed by atoms with Crippen molar-refractivity contribution < 1.29 is 28.2 Å². The number of benzene rings is 2. The Bertz CT molecular complexity index is 1130. The third-order valence-corrected chi connectivity index (χ3v) is 4.75. The molecule has 0 aliphatic carbocycles. The topological polar surface area (TPSA) is 96.2 Å². The van der Waals surface area contributed by atoms with Crippen molar-refractivity contribution in [2.75, 3.05) is 33.3 Å². The third kappa shape index (κ3) is 4.17. The summed E-state index contributed by atoms with van der Waals surface area (Å²) in [5, 5.41) is 3.54. The molecule has 0 saturated carbocycles. The van der Waals surface area contributed by atoms with Gasteiger partial charge in [-0.05, 0) is 31.5 Å². The molecule has 0 fully saturated rings. The van der Waals surface area contributed by atoms with Crippen LogP contribution in [0.3, 0.4) is 0 Å². The lowest BCUT2D eigenvalue weighted by molar-refractivity contribution is -0.118. The Hall–Kier alpha value is -3.68. The first kappa shape index (κ1) is 21.0. The van der Waals surface area contributed by atoms with Crippen LogP contribution in [0.1, 0.15) is 11.1 Å². The molecule has 1 aromatic heterocycles. The van der Waals surface area contributed by atoms with Crippen LogP contribution in [-0.2, 0) is 4.79 Å². The maximum absolute atomic E-state index is 12.3. The highest BCUT2D eigenvalue weighted by molar-refractivity contribution is 5.92. The number of anilines is 1. The standard InChI is InChI=1S/C22H23NO7/c1-12-13(2)22(25)30-17-10-15(6-7-16(12)17)29-11-20(24)23-14-8-18(26-3)21(28-5)19(9-14)27-4/h6-10H,11H2,1-5H3,(H,23,24). The van der Waals surface area contributed by atoms with Crippen LogP contribution in [0.2, 0.25) is 0 Å². The van der Waals surface area contributed by atoms with Crippen molar-refractivity contribution in [3.63, 3.8) is 0 Å². The lowest BCUT2D eigenvalue weighted by Gasteiger charge is -2.15. The summed E-state index contributed by atoms with van der Waals surface area (Å²) in [7, 11) is 4.49. The molecule has 0 saturated heterocycles. The van der Waals surface area contributed by atoms with Crippen molar-refractivity contribution in [2.24, 2.45) is 0 Å². The molecule has 30 heavy (non-hydrogen) atoms. The largest absolute Gasteiger partial charge is 0.493 e. The highest BCUT2D eigenvalue weighted by Crippen LogP contribution is 2.39. The highest BCUT2D eigenvalue weighted by Gasteiger charge is 2.15. The van der Waals surface area contributed by atoms with Crippen molar-refractivity contribution in [3.05, 3.63) is 51.9 Å². The van der Waals surface area contributed by atoms with E-state index in [0.29, 0.717) is 39.8 Å². The summed E-state index contributed by atoms with van der Waals surface area (Å²) in [6.07, 6.45) is 0. The number of methoxy groups -OCH3 is 3. The van der Waals surface area contributed by atoms with Crippen LogP contribution in [-0.4, -0.2) is 33.8 Å². The Morgan fingerprint density at radius 2 is 1.63 bits per heavy atom. The van der Waals surface area contributed by atoms with Crippen molar-refractivity contribution in [1.29, 1.82) is 0 Å². The van der Waals surface area contributed by atoms with E-state index >= 15 is 0 Å². The molecule has 0 radical (unpaired) electrons. The summed E-state index contributed by atoms with van der Waals surface area (Å²) < 4.78 is 26.7. The lowest BCUT2D eigenvalue weighted by Crippen LogP contribution is -2.20. The van der Waals surface area contributed by atoms with E-state index < -0.39 is 5.63 Å². The fraction of sp³-hybridized carbons (Fsp3) is 0.273. The second kappa shape index (κ2) is 8.77. The molecule has 1 heterocycles. The van der Waals surface area contributed by atoms with Crippen LogP contribution in [0.4, 0.5) is 5.69 Å². The van der Waals surface area contributed by atoms with Gasteiger partial charge in [0.2, 0.25) is 5.75 Å². The Morgan fingerprint density at radius 3 is 2.23 bits per heavy atom. The zero-order valence-electron chi connectivity index (χ0n) is 17.5. The van der Waals surface area contributed by atoms with Crippen LogP contribution in [0.5, 0.6) is 23.0 Å².